The average molecular weight is 202 g/mol. The summed E-state index contributed by atoms with van der Waals surface area (Å²) in [7, 11) is 0. The van der Waals surface area contributed by atoms with Gasteiger partial charge in [0.05, 0.1) is 5.92 Å². The predicted molar refractivity (Wildman–Crippen MR) is 56.0 cm³/mol. The molecule has 0 aliphatic heterocycles. The molecule has 1 saturated carbocycles. The number of aliphatic carboxylic acids is 1. The minimum absolute atomic E-state index is 0.0216. The number of carboxylic acids is 1. The molecular formula is C10H18O2S. The smallest absolute Gasteiger partial charge is 0.307 e. The van der Waals surface area contributed by atoms with Crippen molar-refractivity contribution in [2.45, 2.75) is 32.9 Å². The quantitative estimate of drug-likeness (QED) is 0.761. The maximum Gasteiger partial charge on any atom is 0.307 e. The number of carbonyl (C=O) groups is 1. The van der Waals surface area contributed by atoms with E-state index in [2.05, 4.69) is 27.7 Å². The molecule has 0 radical (unpaired) electrons. The summed E-state index contributed by atoms with van der Waals surface area (Å²) in [6, 6.07) is 0. The Hall–Kier alpha value is -0.180. The van der Waals surface area contributed by atoms with Crippen LogP contribution in [0, 0.1) is 17.3 Å². The Morgan fingerprint density at radius 1 is 1.54 bits per heavy atom. The first-order valence-electron chi connectivity index (χ1n) is 4.71. The Morgan fingerprint density at radius 2 is 2.08 bits per heavy atom. The monoisotopic (exact) mass is 202 g/mol. The maximum absolute atomic E-state index is 10.8. The van der Waals surface area contributed by atoms with Crippen LogP contribution in [0.1, 0.15) is 27.7 Å². The largest absolute Gasteiger partial charge is 0.481 e. The van der Waals surface area contributed by atoms with Gasteiger partial charge in [0.25, 0.3) is 0 Å². The molecule has 3 heteroatoms. The lowest BCUT2D eigenvalue weighted by atomic mass is 10.1. The van der Waals surface area contributed by atoms with Gasteiger partial charge in [-0.2, -0.15) is 11.8 Å². The molecule has 1 fully saturated rings. The molecule has 2 atom stereocenters. The van der Waals surface area contributed by atoms with Crippen LogP contribution in [-0.4, -0.2) is 22.1 Å². The van der Waals surface area contributed by atoms with E-state index in [9.17, 15) is 4.79 Å². The number of hydrogen-bond acceptors (Lipinski definition) is 2. The molecule has 1 aliphatic carbocycles. The first-order valence-corrected chi connectivity index (χ1v) is 5.76. The maximum atomic E-state index is 10.8. The van der Waals surface area contributed by atoms with E-state index in [1.807, 2.05) is 11.8 Å². The lowest BCUT2D eigenvalue weighted by molar-refractivity contribution is -0.139. The SMILES string of the molecule is CC(C)SCC1C(C(=O)O)C1(C)C. The van der Waals surface area contributed by atoms with Gasteiger partial charge in [-0.05, 0) is 22.3 Å². The number of thioether (sulfide) groups is 1. The highest BCUT2D eigenvalue weighted by atomic mass is 32.2. The van der Waals surface area contributed by atoms with Crippen molar-refractivity contribution in [3.05, 3.63) is 0 Å². The summed E-state index contributed by atoms with van der Waals surface area (Å²) in [5.74, 6) is 0.622. The third kappa shape index (κ3) is 2.19. The molecule has 1 N–H and O–H groups in total. The minimum atomic E-state index is -0.626. The fraction of sp³-hybridized carbons (Fsp3) is 0.900. The molecule has 0 aromatic heterocycles. The van der Waals surface area contributed by atoms with Crippen LogP contribution in [0.3, 0.4) is 0 Å². The van der Waals surface area contributed by atoms with E-state index in [0.717, 1.165) is 5.75 Å². The van der Waals surface area contributed by atoms with Crippen molar-refractivity contribution in [3.63, 3.8) is 0 Å². The molecule has 0 bridgehead atoms. The summed E-state index contributed by atoms with van der Waals surface area (Å²) in [5.41, 5.74) is 0.0216. The van der Waals surface area contributed by atoms with Crippen LogP contribution in [0.4, 0.5) is 0 Å². The van der Waals surface area contributed by atoms with Crippen LogP contribution in [0.2, 0.25) is 0 Å². The molecule has 13 heavy (non-hydrogen) atoms. The van der Waals surface area contributed by atoms with Crippen LogP contribution >= 0.6 is 11.8 Å². The van der Waals surface area contributed by atoms with Crippen molar-refractivity contribution in [3.8, 4) is 0 Å². The van der Waals surface area contributed by atoms with E-state index in [4.69, 9.17) is 5.11 Å². The van der Waals surface area contributed by atoms with Crippen molar-refractivity contribution in [2.24, 2.45) is 17.3 Å². The molecule has 2 unspecified atom stereocenters. The molecule has 0 spiro atoms. The van der Waals surface area contributed by atoms with Crippen LogP contribution in [0.25, 0.3) is 0 Å². The molecule has 1 aliphatic rings. The first kappa shape index (κ1) is 10.9. The summed E-state index contributed by atoms with van der Waals surface area (Å²) in [5, 5.41) is 9.52. The lowest BCUT2D eigenvalue weighted by Gasteiger charge is -2.04. The summed E-state index contributed by atoms with van der Waals surface area (Å²) in [6.07, 6.45) is 0. The molecule has 2 nitrogen and oxygen atoms in total. The number of carboxylic acid groups (broad SMARTS) is 1. The summed E-state index contributed by atoms with van der Waals surface area (Å²) in [6.45, 7) is 8.40. The minimum Gasteiger partial charge on any atom is -0.481 e. The zero-order chi connectivity index (χ0) is 10.2. The van der Waals surface area contributed by atoms with E-state index >= 15 is 0 Å². The fourth-order valence-electron chi connectivity index (χ4n) is 1.84. The second-order valence-electron chi connectivity index (χ2n) is 4.63. The highest BCUT2D eigenvalue weighted by molar-refractivity contribution is 7.99. The molecule has 0 amide bonds. The number of rotatable bonds is 4. The van der Waals surface area contributed by atoms with Crippen LogP contribution in [0.5, 0.6) is 0 Å². The van der Waals surface area contributed by atoms with Gasteiger partial charge in [0.1, 0.15) is 0 Å². The van der Waals surface area contributed by atoms with Gasteiger partial charge >= 0.3 is 5.97 Å². The van der Waals surface area contributed by atoms with Gasteiger partial charge in [0.2, 0.25) is 0 Å². The van der Waals surface area contributed by atoms with Crippen molar-refractivity contribution in [2.75, 3.05) is 5.75 Å². The van der Waals surface area contributed by atoms with Crippen molar-refractivity contribution in [1.29, 1.82) is 0 Å². The first-order chi connectivity index (χ1) is 5.87. The van der Waals surface area contributed by atoms with Crippen molar-refractivity contribution in [1.82, 2.24) is 0 Å². The second kappa shape index (κ2) is 3.52. The zero-order valence-electron chi connectivity index (χ0n) is 8.70. The molecule has 0 aromatic carbocycles. The third-order valence-corrected chi connectivity index (χ3v) is 4.14. The fourth-order valence-corrected chi connectivity index (χ4v) is 3.06. The molecule has 0 heterocycles. The lowest BCUT2D eigenvalue weighted by Crippen LogP contribution is -2.03. The number of hydrogen-bond donors (Lipinski definition) is 1. The summed E-state index contributed by atoms with van der Waals surface area (Å²) in [4.78, 5) is 10.8. The van der Waals surface area contributed by atoms with Gasteiger partial charge in [0.15, 0.2) is 0 Å². The van der Waals surface area contributed by atoms with Gasteiger partial charge in [-0.25, -0.2) is 0 Å². The van der Waals surface area contributed by atoms with Gasteiger partial charge in [-0.15, -0.1) is 0 Å². The van der Waals surface area contributed by atoms with E-state index in [0.29, 0.717) is 11.2 Å². The van der Waals surface area contributed by atoms with Crippen LogP contribution in [-0.2, 0) is 4.79 Å². The highest BCUT2D eigenvalue weighted by Gasteiger charge is 2.61. The molecular weight excluding hydrogens is 184 g/mol. The van der Waals surface area contributed by atoms with Crippen molar-refractivity contribution < 1.29 is 9.90 Å². The highest BCUT2D eigenvalue weighted by Crippen LogP contribution is 2.59. The molecule has 1 rings (SSSR count). The predicted octanol–water partition coefficient (Wildman–Crippen LogP) is 2.48. The van der Waals surface area contributed by atoms with Crippen LogP contribution < -0.4 is 0 Å². The van der Waals surface area contributed by atoms with Gasteiger partial charge in [0, 0.05) is 0 Å². The van der Waals surface area contributed by atoms with E-state index < -0.39 is 5.97 Å². The Labute approximate surface area is 84.1 Å². The zero-order valence-corrected chi connectivity index (χ0v) is 9.52. The Morgan fingerprint density at radius 3 is 2.38 bits per heavy atom. The van der Waals surface area contributed by atoms with Gasteiger partial charge < -0.3 is 5.11 Å². The topological polar surface area (TPSA) is 37.3 Å². The Balaban J connectivity index is 2.42. The standard InChI is InChI=1S/C10H18O2S/c1-6(2)13-5-7-8(9(11)12)10(7,3)4/h6-8H,5H2,1-4H3,(H,11,12). The molecule has 0 saturated heterocycles. The van der Waals surface area contributed by atoms with E-state index in [1.54, 1.807) is 0 Å². The Bertz CT molecular complexity index is 211. The van der Waals surface area contributed by atoms with Crippen LogP contribution in [0.15, 0.2) is 0 Å². The van der Waals surface area contributed by atoms with Crippen molar-refractivity contribution >= 4 is 17.7 Å². The molecule has 76 valence electrons. The summed E-state index contributed by atoms with van der Waals surface area (Å²) >= 11 is 1.86. The van der Waals surface area contributed by atoms with Gasteiger partial charge in [-0.3, -0.25) is 4.79 Å². The average Bonchev–Trinajstić information content (AvgIpc) is 2.48. The van der Waals surface area contributed by atoms with E-state index in [1.165, 1.54) is 0 Å². The second-order valence-corrected chi connectivity index (χ2v) is 6.24. The third-order valence-electron chi connectivity index (χ3n) is 2.93. The molecule has 0 aromatic rings. The van der Waals surface area contributed by atoms with Gasteiger partial charge in [-0.1, -0.05) is 27.7 Å². The van der Waals surface area contributed by atoms with E-state index in [-0.39, 0.29) is 11.3 Å². The summed E-state index contributed by atoms with van der Waals surface area (Å²) < 4.78 is 0. The normalized spacial score (nSPS) is 30.5. The Kier molecular flexibility index (Phi) is 2.95.